The minimum atomic E-state index is 0.748. The van der Waals surface area contributed by atoms with Crippen molar-refractivity contribution in [2.45, 2.75) is 59.0 Å². The van der Waals surface area contributed by atoms with Crippen molar-refractivity contribution in [2.75, 3.05) is 18.0 Å². The number of nitrogens with one attached hydrogen (secondary N) is 1. The zero-order valence-electron chi connectivity index (χ0n) is 12.6. The largest absolute Gasteiger partial charge is 0.354 e. The molecule has 3 nitrogen and oxygen atoms in total. The molecular formula is C16H27N3. The number of aryl methyl sites for hydroxylation is 1. The average Bonchev–Trinajstić information content (AvgIpc) is 3.23. The Balaban J connectivity index is 2.07. The summed E-state index contributed by atoms with van der Waals surface area (Å²) in [5, 5.41) is 3.37. The van der Waals surface area contributed by atoms with E-state index in [9.17, 15) is 0 Å². The molecule has 3 heteroatoms. The summed E-state index contributed by atoms with van der Waals surface area (Å²) in [6.45, 7) is 9.60. The Labute approximate surface area is 117 Å². The first-order valence-electron chi connectivity index (χ1n) is 7.70. The van der Waals surface area contributed by atoms with Gasteiger partial charge in [0.1, 0.15) is 5.82 Å². The number of pyridine rings is 1. The Hall–Kier alpha value is -1.09. The molecule has 0 saturated heterocycles. The van der Waals surface area contributed by atoms with Gasteiger partial charge in [-0.15, -0.1) is 0 Å². The molecule has 0 unspecified atom stereocenters. The molecule has 2 rings (SSSR count). The van der Waals surface area contributed by atoms with Gasteiger partial charge in [0.2, 0.25) is 0 Å². The zero-order valence-corrected chi connectivity index (χ0v) is 12.6. The normalized spacial score (nSPS) is 14.7. The van der Waals surface area contributed by atoms with Crippen LogP contribution in [-0.2, 0) is 6.54 Å². The number of unbranched alkanes of at least 4 members (excludes halogenated alkanes) is 1. The average molecular weight is 261 g/mol. The lowest BCUT2D eigenvalue weighted by molar-refractivity contribution is 0.697. The topological polar surface area (TPSA) is 28.2 Å². The smallest absolute Gasteiger partial charge is 0.129 e. The summed E-state index contributed by atoms with van der Waals surface area (Å²) >= 11 is 0. The second kappa shape index (κ2) is 6.90. The molecule has 1 aliphatic carbocycles. The van der Waals surface area contributed by atoms with Crippen molar-refractivity contribution in [1.82, 2.24) is 10.3 Å². The van der Waals surface area contributed by atoms with Crippen molar-refractivity contribution in [2.24, 2.45) is 0 Å². The zero-order chi connectivity index (χ0) is 13.7. The van der Waals surface area contributed by atoms with Crippen LogP contribution in [0.3, 0.4) is 0 Å². The number of aromatic nitrogens is 1. The first-order valence-corrected chi connectivity index (χ1v) is 7.70. The van der Waals surface area contributed by atoms with Crippen molar-refractivity contribution in [3.05, 3.63) is 23.4 Å². The first kappa shape index (κ1) is 14.3. The molecule has 106 valence electrons. The van der Waals surface area contributed by atoms with E-state index >= 15 is 0 Å². The minimum absolute atomic E-state index is 0.748. The van der Waals surface area contributed by atoms with Crippen LogP contribution < -0.4 is 10.2 Å². The third-order valence-corrected chi connectivity index (χ3v) is 3.78. The van der Waals surface area contributed by atoms with Crippen LogP contribution in [0.25, 0.3) is 0 Å². The minimum Gasteiger partial charge on any atom is -0.354 e. The van der Waals surface area contributed by atoms with Crippen LogP contribution in [0.4, 0.5) is 5.82 Å². The monoisotopic (exact) mass is 261 g/mol. The van der Waals surface area contributed by atoms with Gasteiger partial charge >= 0.3 is 0 Å². The SMILES string of the molecule is CCCCN(c1ccc(CNCC)c(C)n1)C1CC1. The highest BCUT2D eigenvalue weighted by molar-refractivity contribution is 5.44. The molecule has 1 aromatic rings. The van der Waals surface area contributed by atoms with Gasteiger partial charge in [-0.2, -0.15) is 0 Å². The summed E-state index contributed by atoms with van der Waals surface area (Å²) in [7, 11) is 0. The van der Waals surface area contributed by atoms with Gasteiger partial charge in [0, 0.05) is 24.8 Å². The van der Waals surface area contributed by atoms with Gasteiger partial charge in [-0.1, -0.05) is 26.3 Å². The molecule has 0 aliphatic heterocycles. The molecule has 1 heterocycles. The quantitative estimate of drug-likeness (QED) is 0.778. The fraction of sp³-hybridized carbons (Fsp3) is 0.688. The van der Waals surface area contributed by atoms with Crippen LogP contribution in [0, 0.1) is 6.92 Å². The standard InChI is InChI=1S/C16H27N3/c1-4-6-11-19(15-8-9-15)16-10-7-14(12-17-5-2)13(3)18-16/h7,10,15,17H,4-6,8-9,11-12H2,1-3H3. The van der Waals surface area contributed by atoms with Crippen molar-refractivity contribution < 1.29 is 0 Å². The Bertz CT molecular complexity index is 399. The van der Waals surface area contributed by atoms with E-state index < -0.39 is 0 Å². The van der Waals surface area contributed by atoms with Crippen molar-refractivity contribution in [3.8, 4) is 0 Å². The lowest BCUT2D eigenvalue weighted by Crippen LogP contribution is -2.28. The van der Waals surface area contributed by atoms with Crippen LogP contribution >= 0.6 is 0 Å². The van der Waals surface area contributed by atoms with Gasteiger partial charge in [0.25, 0.3) is 0 Å². The molecule has 0 atom stereocenters. The molecule has 1 saturated carbocycles. The molecule has 19 heavy (non-hydrogen) atoms. The summed E-state index contributed by atoms with van der Waals surface area (Å²) in [6, 6.07) is 5.19. The molecule has 0 bridgehead atoms. The van der Waals surface area contributed by atoms with Crippen molar-refractivity contribution >= 4 is 5.82 Å². The Morgan fingerprint density at radius 1 is 1.32 bits per heavy atom. The molecular weight excluding hydrogens is 234 g/mol. The molecule has 0 spiro atoms. The second-order valence-corrected chi connectivity index (χ2v) is 5.47. The molecule has 1 aliphatic rings. The van der Waals surface area contributed by atoms with Gasteiger partial charge < -0.3 is 10.2 Å². The predicted octanol–water partition coefficient (Wildman–Crippen LogP) is 3.27. The third kappa shape index (κ3) is 3.93. The molecule has 0 amide bonds. The molecule has 0 aromatic carbocycles. The van der Waals surface area contributed by atoms with Gasteiger partial charge in [-0.3, -0.25) is 0 Å². The van der Waals surface area contributed by atoms with E-state index in [1.54, 1.807) is 0 Å². The van der Waals surface area contributed by atoms with E-state index in [2.05, 4.69) is 43.1 Å². The number of rotatable bonds is 8. The molecule has 0 radical (unpaired) electrons. The van der Waals surface area contributed by atoms with Crippen molar-refractivity contribution in [3.63, 3.8) is 0 Å². The highest BCUT2D eigenvalue weighted by atomic mass is 15.2. The van der Waals surface area contributed by atoms with Crippen LogP contribution in [0.2, 0.25) is 0 Å². The first-order chi connectivity index (χ1) is 9.26. The number of hydrogen-bond acceptors (Lipinski definition) is 3. The fourth-order valence-electron chi connectivity index (χ4n) is 2.38. The highest BCUT2D eigenvalue weighted by Gasteiger charge is 2.29. The number of nitrogens with zero attached hydrogens (tertiary/aromatic N) is 2. The van der Waals surface area contributed by atoms with Crippen molar-refractivity contribution in [1.29, 1.82) is 0 Å². The Morgan fingerprint density at radius 2 is 2.11 bits per heavy atom. The third-order valence-electron chi connectivity index (χ3n) is 3.78. The van der Waals surface area contributed by atoms with Crippen LogP contribution in [-0.4, -0.2) is 24.1 Å². The van der Waals surface area contributed by atoms with Crippen LogP contribution in [0.1, 0.15) is 50.8 Å². The maximum atomic E-state index is 4.83. The van der Waals surface area contributed by atoms with Gasteiger partial charge in [-0.05, 0) is 44.4 Å². The van der Waals surface area contributed by atoms with Crippen LogP contribution in [0.15, 0.2) is 12.1 Å². The van der Waals surface area contributed by atoms with E-state index in [0.717, 1.165) is 25.7 Å². The highest BCUT2D eigenvalue weighted by Crippen LogP contribution is 2.31. The van der Waals surface area contributed by atoms with Gasteiger partial charge in [0.15, 0.2) is 0 Å². The Morgan fingerprint density at radius 3 is 2.68 bits per heavy atom. The van der Waals surface area contributed by atoms with E-state index in [1.165, 1.54) is 42.8 Å². The van der Waals surface area contributed by atoms with E-state index in [4.69, 9.17) is 4.98 Å². The molecule has 1 N–H and O–H groups in total. The summed E-state index contributed by atoms with van der Waals surface area (Å²) in [5.74, 6) is 1.17. The van der Waals surface area contributed by atoms with Crippen LogP contribution in [0.5, 0.6) is 0 Å². The van der Waals surface area contributed by atoms with E-state index in [-0.39, 0.29) is 0 Å². The lowest BCUT2D eigenvalue weighted by Gasteiger charge is -2.24. The van der Waals surface area contributed by atoms with E-state index in [0.29, 0.717) is 0 Å². The fourth-order valence-corrected chi connectivity index (χ4v) is 2.38. The maximum absolute atomic E-state index is 4.83. The summed E-state index contributed by atoms with van der Waals surface area (Å²) in [6.07, 6.45) is 5.18. The predicted molar refractivity (Wildman–Crippen MR) is 81.6 cm³/mol. The Kier molecular flexibility index (Phi) is 5.20. The van der Waals surface area contributed by atoms with E-state index in [1.807, 2.05) is 0 Å². The second-order valence-electron chi connectivity index (χ2n) is 5.47. The summed E-state index contributed by atoms with van der Waals surface area (Å²) < 4.78 is 0. The van der Waals surface area contributed by atoms with Gasteiger partial charge in [0.05, 0.1) is 0 Å². The molecule has 1 aromatic heterocycles. The maximum Gasteiger partial charge on any atom is 0.129 e. The number of hydrogen-bond donors (Lipinski definition) is 1. The summed E-state index contributed by atoms with van der Waals surface area (Å²) in [5.41, 5.74) is 2.48. The molecule has 1 fully saturated rings. The van der Waals surface area contributed by atoms with Gasteiger partial charge in [-0.25, -0.2) is 4.98 Å². The number of anilines is 1. The summed E-state index contributed by atoms with van der Waals surface area (Å²) in [4.78, 5) is 7.33. The lowest BCUT2D eigenvalue weighted by atomic mass is 10.2.